The van der Waals surface area contributed by atoms with Crippen LogP contribution in [0.3, 0.4) is 0 Å². The van der Waals surface area contributed by atoms with E-state index >= 15 is 0 Å². The predicted octanol–water partition coefficient (Wildman–Crippen LogP) is 3.89. The van der Waals surface area contributed by atoms with E-state index in [2.05, 4.69) is 0 Å². The summed E-state index contributed by atoms with van der Waals surface area (Å²) in [7, 11) is 0. The van der Waals surface area contributed by atoms with Crippen LogP contribution in [0.25, 0.3) is 0 Å². The lowest BCUT2D eigenvalue weighted by Crippen LogP contribution is -2.41. The van der Waals surface area contributed by atoms with Crippen molar-refractivity contribution in [1.29, 1.82) is 0 Å². The molecule has 24 heavy (non-hydrogen) atoms. The maximum atomic E-state index is 13.2. The van der Waals surface area contributed by atoms with Crippen LogP contribution in [0.4, 0.5) is 22.6 Å². The van der Waals surface area contributed by atoms with Crippen LogP contribution >= 0.6 is 11.3 Å². The molecule has 1 aliphatic carbocycles. The summed E-state index contributed by atoms with van der Waals surface area (Å²) in [6.45, 7) is 3.67. The first kappa shape index (κ1) is 18.7. The van der Waals surface area contributed by atoms with E-state index in [-0.39, 0.29) is 17.2 Å². The van der Waals surface area contributed by atoms with Crippen molar-refractivity contribution in [2.45, 2.75) is 45.5 Å². The number of nitrogens with one attached hydrogen (secondary N) is 1. The second-order valence-corrected chi connectivity index (χ2v) is 6.76. The van der Waals surface area contributed by atoms with Crippen LogP contribution in [-0.4, -0.2) is 30.8 Å². The van der Waals surface area contributed by atoms with E-state index in [9.17, 15) is 27.2 Å². The number of hydrogen-bond acceptors (Lipinski definition) is 4. The minimum Gasteiger partial charge on any atom is -0.462 e. The monoisotopic (exact) mass is 367 g/mol. The molecule has 1 aliphatic rings. The van der Waals surface area contributed by atoms with Gasteiger partial charge in [0.05, 0.1) is 12.2 Å². The second-order valence-electron chi connectivity index (χ2n) is 5.65. The van der Waals surface area contributed by atoms with Crippen molar-refractivity contribution in [2.24, 2.45) is 5.92 Å². The molecule has 1 amide bonds. The highest BCUT2D eigenvalue weighted by Gasteiger charge is 2.49. The van der Waals surface area contributed by atoms with Gasteiger partial charge < -0.3 is 10.1 Å². The summed E-state index contributed by atoms with van der Waals surface area (Å²) < 4.78 is 55.9. The average molecular weight is 367 g/mol. The van der Waals surface area contributed by atoms with Gasteiger partial charge in [-0.05, 0) is 37.7 Å². The van der Waals surface area contributed by atoms with Crippen molar-refractivity contribution in [2.75, 3.05) is 11.9 Å². The number of thiophene rings is 1. The molecule has 134 valence electrons. The zero-order chi connectivity index (χ0) is 18.1. The van der Waals surface area contributed by atoms with E-state index in [1.165, 1.54) is 0 Å². The summed E-state index contributed by atoms with van der Waals surface area (Å²) in [5.74, 6) is -7.36. The number of esters is 1. The molecule has 0 aliphatic heterocycles. The lowest BCUT2D eigenvalue weighted by Gasteiger charge is -2.18. The number of carbonyl (C=O) groups excluding carboxylic acids is 2. The number of rotatable bonds is 5. The summed E-state index contributed by atoms with van der Waals surface area (Å²) in [5.41, 5.74) is 0.648. The molecule has 0 bridgehead atoms. The predicted molar refractivity (Wildman–Crippen MR) is 81.0 cm³/mol. The number of hydrogen-bond donors (Lipinski definition) is 1. The highest BCUT2D eigenvalue weighted by molar-refractivity contribution is 7.17. The van der Waals surface area contributed by atoms with Crippen LogP contribution < -0.4 is 5.32 Å². The Balaban J connectivity index is 2.38. The van der Waals surface area contributed by atoms with Crippen molar-refractivity contribution in [3.63, 3.8) is 0 Å². The first-order valence-corrected chi connectivity index (χ1v) is 8.29. The van der Waals surface area contributed by atoms with Gasteiger partial charge in [-0.1, -0.05) is 6.92 Å². The molecular formula is C15H17F4NO3S. The molecule has 9 heteroatoms. The Morgan fingerprint density at radius 3 is 2.67 bits per heavy atom. The number of ether oxygens (including phenoxy) is 1. The molecule has 0 saturated carbocycles. The summed E-state index contributed by atoms with van der Waals surface area (Å²) in [6.07, 6.45) is -2.15. The summed E-state index contributed by atoms with van der Waals surface area (Å²) in [5, 5.41) is 1.64. The van der Waals surface area contributed by atoms with Gasteiger partial charge in [-0.25, -0.2) is 13.6 Å². The van der Waals surface area contributed by atoms with Gasteiger partial charge in [0, 0.05) is 4.88 Å². The molecule has 1 aromatic rings. The fraction of sp³-hybridized carbons (Fsp3) is 0.600. The quantitative estimate of drug-likeness (QED) is 0.635. The fourth-order valence-electron chi connectivity index (χ4n) is 2.54. The molecule has 0 unspecified atom stereocenters. The van der Waals surface area contributed by atoms with Crippen LogP contribution in [0.5, 0.6) is 0 Å². The van der Waals surface area contributed by atoms with E-state index in [0.29, 0.717) is 24.3 Å². The van der Waals surface area contributed by atoms with Crippen molar-refractivity contribution in [3.05, 3.63) is 16.0 Å². The van der Waals surface area contributed by atoms with Crippen molar-refractivity contribution < 1.29 is 31.9 Å². The maximum Gasteiger partial charge on any atom is 0.383 e. The zero-order valence-corrected chi connectivity index (χ0v) is 13.9. The Morgan fingerprint density at radius 1 is 1.42 bits per heavy atom. The number of anilines is 1. The first-order valence-electron chi connectivity index (χ1n) is 7.47. The second kappa shape index (κ2) is 7.08. The number of amides is 1. The summed E-state index contributed by atoms with van der Waals surface area (Å²) in [6, 6.07) is 0. The molecule has 0 spiro atoms. The highest BCUT2D eigenvalue weighted by atomic mass is 32.1. The minimum absolute atomic E-state index is 0.00201. The normalized spacial score (nSPS) is 17.5. The molecule has 1 atom stereocenters. The number of fused-ring (bicyclic) bond motifs is 1. The number of halogens is 4. The average Bonchev–Trinajstić information content (AvgIpc) is 2.83. The Hall–Kier alpha value is -1.64. The SMILES string of the molecule is CCOC(=O)c1c(NC(=O)C(F)(F)C(F)F)sc2c1CC[C@@H](C)C2. The molecule has 2 rings (SSSR count). The molecule has 0 radical (unpaired) electrons. The van der Waals surface area contributed by atoms with Crippen LogP contribution in [0.1, 0.15) is 41.1 Å². The van der Waals surface area contributed by atoms with Crippen molar-refractivity contribution >= 4 is 28.2 Å². The number of alkyl halides is 4. The van der Waals surface area contributed by atoms with Crippen LogP contribution in [-0.2, 0) is 22.4 Å². The van der Waals surface area contributed by atoms with Crippen LogP contribution in [0.2, 0.25) is 0 Å². The van der Waals surface area contributed by atoms with E-state index in [1.807, 2.05) is 6.92 Å². The Labute approximate surface area is 140 Å². The third kappa shape index (κ3) is 3.55. The van der Waals surface area contributed by atoms with Crippen molar-refractivity contribution in [3.8, 4) is 0 Å². The number of carbonyl (C=O) groups is 2. The third-order valence-electron chi connectivity index (χ3n) is 3.80. The molecule has 1 N–H and O–H groups in total. The Bertz CT molecular complexity index is 645. The van der Waals surface area contributed by atoms with Gasteiger partial charge in [-0.3, -0.25) is 4.79 Å². The Kier molecular flexibility index (Phi) is 5.52. The molecule has 1 aromatic heterocycles. The largest absolute Gasteiger partial charge is 0.462 e. The van der Waals surface area contributed by atoms with Gasteiger partial charge in [0.1, 0.15) is 5.00 Å². The van der Waals surface area contributed by atoms with E-state index in [4.69, 9.17) is 4.74 Å². The standard InChI is InChI=1S/C15H17F4NO3S/c1-3-23-12(21)10-8-5-4-7(2)6-9(8)24-11(10)20-14(22)15(18,19)13(16)17/h7,13H,3-6H2,1-2H3,(H,20,22)/t7-/m1/s1. The van der Waals surface area contributed by atoms with Crippen LogP contribution in [0, 0.1) is 5.92 Å². The zero-order valence-electron chi connectivity index (χ0n) is 13.1. The van der Waals surface area contributed by atoms with E-state index in [0.717, 1.165) is 22.6 Å². The fourth-order valence-corrected chi connectivity index (χ4v) is 3.94. The topological polar surface area (TPSA) is 55.4 Å². The van der Waals surface area contributed by atoms with Gasteiger partial charge >= 0.3 is 24.2 Å². The van der Waals surface area contributed by atoms with Gasteiger partial charge in [0.25, 0.3) is 0 Å². The minimum atomic E-state index is -4.83. The molecular weight excluding hydrogens is 350 g/mol. The molecule has 0 fully saturated rings. The van der Waals surface area contributed by atoms with Crippen LogP contribution in [0.15, 0.2) is 0 Å². The van der Waals surface area contributed by atoms with E-state index in [1.54, 1.807) is 12.2 Å². The lowest BCUT2D eigenvalue weighted by atomic mass is 9.88. The summed E-state index contributed by atoms with van der Waals surface area (Å²) >= 11 is 0.965. The molecule has 1 heterocycles. The third-order valence-corrected chi connectivity index (χ3v) is 4.96. The smallest absolute Gasteiger partial charge is 0.383 e. The summed E-state index contributed by atoms with van der Waals surface area (Å²) in [4.78, 5) is 24.4. The molecule has 4 nitrogen and oxygen atoms in total. The van der Waals surface area contributed by atoms with Gasteiger partial charge in [0.2, 0.25) is 0 Å². The highest BCUT2D eigenvalue weighted by Crippen LogP contribution is 2.40. The van der Waals surface area contributed by atoms with E-state index < -0.39 is 24.2 Å². The Morgan fingerprint density at radius 2 is 2.08 bits per heavy atom. The van der Waals surface area contributed by atoms with Gasteiger partial charge in [-0.2, -0.15) is 8.78 Å². The molecule has 0 saturated heterocycles. The first-order chi connectivity index (χ1) is 11.2. The maximum absolute atomic E-state index is 13.2. The van der Waals surface area contributed by atoms with Gasteiger partial charge in [0.15, 0.2) is 0 Å². The van der Waals surface area contributed by atoms with Gasteiger partial charge in [-0.15, -0.1) is 11.3 Å². The lowest BCUT2D eigenvalue weighted by molar-refractivity contribution is -0.163. The molecule has 0 aromatic carbocycles. The van der Waals surface area contributed by atoms with Crippen molar-refractivity contribution in [1.82, 2.24) is 0 Å².